The van der Waals surface area contributed by atoms with Gasteiger partial charge in [-0.3, -0.25) is 0 Å². The van der Waals surface area contributed by atoms with Crippen LogP contribution in [-0.4, -0.2) is 16.8 Å². The van der Waals surface area contributed by atoms with Crippen LogP contribution in [0.25, 0.3) is 0 Å². The summed E-state index contributed by atoms with van der Waals surface area (Å²) in [6, 6.07) is 9.46. The molecule has 0 aromatic heterocycles. The zero-order valence-corrected chi connectivity index (χ0v) is 8.51. The first-order valence-electron chi connectivity index (χ1n) is 4.70. The third-order valence-corrected chi connectivity index (χ3v) is 1.83. The third-order valence-electron chi connectivity index (χ3n) is 1.83. The van der Waals surface area contributed by atoms with Crippen LogP contribution in [0.2, 0.25) is 0 Å². The van der Waals surface area contributed by atoms with Crippen molar-refractivity contribution >= 4 is 11.7 Å². The summed E-state index contributed by atoms with van der Waals surface area (Å²) < 4.78 is 0. The van der Waals surface area contributed by atoms with Crippen LogP contribution in [0, 0.1) is 0 Å². The van der Waals surface area contributed by atoms with Gasteiger partial charge >= 0.3 is 5.97 Å². The van der Waals surface area contributed by atoms with Crippen molar-refractivity contribution < 1.29 is 14.7 Å². The highest BCUT2D eigenvalue weighted by atomic mass is 16.6. The first kappa shape index (κ1) is 11.2. The van der Waals surface area contributed by atoms with E-state index in [1.54, 1.807) is 6.92 Å². The first-order chi connectivity index (χ1) is 7.24. The Morgan fingerprint density at radius 2 is 2.07 bits per heavy atom. The van der Waals surface area contributed by atoms with Crippen LogP contribution in [0.5, 0.6) is 0 Å². The second-order valence-electron chi connectivity index (χ2n) is 2.96. The lowest BCUT2D eigenvalue weighted by Crippen LogP contribution is -2.11. The van der Waals surface area contributed by atoms with Crippen molar-refractivity contribution in [1.82, 2.24) is 0 Å². The molecule has 4 heteroatoms. The summed E-state index contributed by atoms with van der Waals surface area (Å²) in [6.45, 7) is 2.01. The molecule has 1 rings (SSSR count). The van der Waals surface area contributed by atoms with Gasteiger partial charge in [-0.2, -0.15) is 0 Å². The van der Waals surface area contributed by atoms with Gasteiger partial charge in [0.25, 0.3) is 0 Å². The molecule has 0 aliphatic rings. The van der Waals surface area contributed by atoms with E-state index >= 15 is 0 Å². The van der Waals surface area contributed by atoms with E-state index in [0.29, 0.717) is 6.42 Å². The minimum absolute atomic E-state index is 0.0333. The molecule has 0 saturated heterocycles. The van der Waals surface area contributed by atoms with E-state index in [4.69, 9.17) is 9.94 Å². The number of nitrogens with zero attached hydrogens (tertiary/aromatic N) is 1. The zero-order valence-electron chi connectivity index (χ0n) is 8.51. The Labute approximate surface area is 88.2 Å². The van der Waals surface area contributed by atoms with Gasteiger partial charge in [0.15, 0.2) is 5.71 Å². The fourth-order valence-electron chi connectivity index (χ4n) is 1.01. The average molecular weight is 207 g/mol. The molecule has 0 spiro atoms. The Morgan fingerprint density at radius 1 is 1.40 bits per heavy atom. The van der Waals surface area contributed by atoms with Gasteiger partial charge in [0, 0.05) is 0 Å². The van der Waals surface area contributed by atoms with Gasteiger partial charge in [-0.05, 0) is 12.0 Å². The maximum Gasteiger partial charge on any atom is 0.353 e. The van der Waals surface area contributed by atoms with Crippen LogP contribution < -0.4 is 0 Å². The smallest absolute Gasteiger partial charge is 0.353 e. The third kappa shape index (κ3) is 3.81. The molecule has 80 valence electrons. The second-order valence-corrected chi connectivity index (χ2v) is 2.96. The minimum Gasteiger partial charge on any atom is -0.477 e. The topological polar surface area (TPSA) is 58.9 Å². The van der Waals surface area contributed by atoms with Crippen LogP contribution >= 0.6 is 0 Å². The van der Waals surface area contributed by atoms with E-state index in [2.05, 4.69) is 5.16 Å². The van der Waals surface area contributed by atoms with Gasteiger partial charge in [-0.25, -0.2) is 4.79 Å². The Kier molecular flexibility index (Phi) is 4.34. The van der Waals surface area contributed by atoms with Gasteiger partial charge in [-0.15, -0.1) is 0 Å². The number of benzene rings is 1. The van der Waals surface area contributed by atoms with Gasteiger partial charge in [-0.1, -0.05) is 42.4 Å². The quantitative estimate of drug-likeness (QED) is 0.593. The second kappa shape index (κ2) is 5.80. The Hall–Kier alpha value is -1.84. The molecule has 1 aromatic carbocycles. The standard InChI is InChI=1S/C11H13NO3/c1-2-10(11(13)14)12-15-8-9-6-4-3-5-7-9/h3-7H,2,8H2,1H3,(H,13,14)/b12-10-. The number of oxime groups is 1. The number of carboxylic acids is 1. The van der Waals surface area contributed by atoms with Crippen LogP contribution in [0.4, 0.5) is 0 Å². The molecular formula is C11H13NO3. The van der Waals surface area contributed by atoms with Crippen molar-refractivity contribution in [2.45, 2.75) is 20.0 Å². The van der Waals surface area contributed by atoms with Gasteiger partial charge in [0.2, 0.25) is 0 Å². The molecule has 1 aromatic rings. The highest BCUT2D eigenvalue weighted by molar-refractivity contribution is 6.35. The van der Waals surface area contributed by atoms with Crippen molar-refractivity contribution in [3.8, 4) is 0 Å². The highest BCUT2D eigenvalue weighted by Crippen LogP contribution is 2.01. The maximum absolute atomic E-state index is 10.6. The molecular weight excluding hydrogens is 194 g/mol. The predicted molar refractivity (Wildman–Crippen MR) is 56.6 cm³/mol. The number of hydrogen-bond acceptors (Lipinski definition) is 3. The molecule has 0 heterocycles. The summed E-state index contributed by atoms with van der Waals surface area (Å²) in [6.07, 6.45) is 0.351. The SMILES string of the molecule is CC/C(=N/OCc1ccccc1)C(=O)O. The van der Waals surface area contributed by atoms with Crippen molar-refractivity contribution in [2.24, 2.45) is 5.16 Å². The Morgan fingerprint density at radius 3 is 2.60 bits per heavy atom. The minimum atomic E-state index is -1.04. The van der Waals surface area contributed by atoms with E-state index in [0.717, 1.165) is 5.56 Å². The number of carbonyl (C=O) groups is 1. The van der Waals surface area contributed by atoms with Crippen molar-refractivity contribution in [3.63, 3.8) is 0 Å². The predicted octanol–water partition coefficient (Wildman–Crippen LogP) is 2.05. The van der Waals surface area contributed by atoms with E-state index in [9.17, 15) is 4.79 Å². The van der Waals surface area contributed by atoms with E-state index in [-0.39, 0.29) is 12.3 Å². The summed E-state index contributed by atoms with van der Waals surface area (Å²) in [5.41, 5.74) is 0.994. The molecule has 0 aliphatic carbocycles. The van der Waals surface area contributed by atoms with Gasteiger partial charge in [0.1, 0.15) is 6.61 Å². The van der Waals surface area contributed by atoms with Crippen molar-refractivity contribution in [2.75, 3.05) is 0 Å². The van der Waals surface area contributed by atoms with Crippen LogP contribution in [-0.2, 0) is 16.2 Å². The van der Waals surface area contributed by atoms with E-state index in [1.165, 1.54) is 0 Å². The van der Waals surface area contributed by atoms with Crippen LogP contribution in [0.3, 0.4) is 0 Å². The lowest BCUT2D eigenvalue weighted by molar-refractivity contribution is -0.129. The molecule has 0 bridgehead atoms. The van der Waals surface area contributed by atoms with Crippen LogP contribution in [0.1, 0.15) is 18.9 Å². The number of carboxylic acid groups (broad SMARTS) is 1. The van der Waals surface area contributed by atoms with Crippen molar-refractivity contribution in [3.05, 3.63) is 35.9 Å². The summed E-state index contributed by atoms with van der Waals surface area (Å²) in [5, 5.41) is 12.2. The number of rotatable bonds is 5. The molecule has 0 atom stereocenters. The molecule has 0 unspecified atom stereocenters. The summed E-state index contributed by atoms with van der Waals surface area (Å²) in [4.78, 5) is 15.5. The fourth-order valence-corrected chi connectivity index (χ4v) is 1.01. The summed E-state index contributed by atoms with van der Waals surface area (Å²) >= 11 is 0. The molecule has 0 fully saturated rings. The molecule has 15 heavy (non-hydrogen) atoms. The fraction of sp³-hybridized carbons (Fsp3) is 0.273. The van der Waals surface area contributed by atoms with Gasteiger partial charge in [0.05, 0.1) is 0 Å². The monoisotopic (exact) mass is 207 g/mol. The maximum atomic E-state index is 10.6. The normalized spacial score (nSPS) is 11.1. The Bertz CT molecular complexity index is 346. The molecule has 1 N–H and O–H groups in total. The number of aliphatic carboxylic acids is 1. The first-order valence-corrected chi connectivity index (χ1v) is 4.70. The van der Waals surface area contributed by atoms with Crippen LogP contribution in [0.15, 0.2) is 35.5 Å². The largest absolute Gasteiger partial charge is 0.477 e. The molecule has 0 radical (unpaired) electrons. The molecule has 0 saturated carbocycles. The molecule has 0 aliphatic heterocycles. The average Bonchev–Trinajstić information content (AvgIpc) is 2.25. The van der Waals surface area contributed by atoms with Crippen molar-refractivity contribution in [1.29, 1.82) is 0 Å². The number of hydrogen-bond donors (Lipinski definition) is 1. The highest BCUT2D eigenvalue weighted by Gasteiger charge is 2.06. The summed E-state index contributed by atoms with van der Waals surface area (Å²) in [7, 11) is 0. The Balaban J connectivity index is 2.48. The lowest BCUT2D eigenvalue weighted by atomic mass is 10.2. The molecule has 4 nitrogen and oxygen atoms in total. The molecule has 0 amide bonds. The van der Waals surface area contributed by atoms with Gasteiger partial charge < -0.3 is 9.94 Å². The summed E-state index contributed by atoms with van der Waals surface area (Å²) in [5.74, 6) is -1.04. The lowest BCUT2D eigenvalue weighted by Gasteiger charge is -2.00. The van der Waals surface area contributed by atoms with E-state index < -0.39 is 5.97 Å². The van der Waals surface area contributed by atoms with E-state index in [1.807, 2.05) is 30.3 Å². The zero-order chi connectivity index (χ0) is 11.1.